The molecular formula is C14H20ClN3O. The van der Waals surface area contributed by atoms with Crippen LogP contribution in [0.25, 0.3) is 0 Å². The van der Waals surface area contributed by atoms with E-state index in [9.17, 15) is 5.11 Å². The first-order valence-electron chi connectivity index (χ1n) is 6.18. The van der Waals surface area contributed by atoms with E-state index in [0.717, 1.165) is 17.8 Å². The minimum absolute atomic E-state index is 0. The molecule has 0 aliphatic carbocycles. The van der Waals surface area contributed by atoms with Gasteiger partial charge in [0.2, 0.25) is 0 Å². The smallest absolute Gasteiger partial charge is 0.120 e. The topological polar surface area (TPSA) is 50.1 Å². The van der Waals surface area contributed by atoms with Crippen LogP contribution in [-0.4, -0.2) is 14.9 Å². The van der Waals surface area contributed by atoms with E-state index in [1.54, 1.807) is 6.07 Å². The number of nitrogens with zero attached hydrogens (tertiary/aromatic N) is 2. The van der Waals surface area contributed by atoms with E-state index >= 15 is 0 Å². The van der Waals surface area contributed by atoms with Crippen molar-refractivity contribution in [1.82, 2.24) is 15.1 Å². The second kappa shape index (κ2) is 7.16. The predicted octanol–water partition coefficient (Wildman–Crippen LogP) is 2.88. The first-order chi connectivity index (χ1) is 8.68. The van der Waals surface area contributed by atoms with Crippen LogP contribution in [0.15, 0.2) is 36.5 Å². The van der Waals surface area contributed by atoms with Crippen LogP contribution < -0.4 is 5.32 Å². The van der Waals surface area contributed by atoms with E-state index in [4.69, 9.17) is 0 Å². The molecule has 0 amide bonds. The molecule has 0 saturated heterocycles. The Balaban J connectivity index is 0.00000180. The van der Waals surface area contributed by atoms with Crippen LogP contribution in [0.5, 0.6) is 5.75 Å². The lowest BCUT2D eigenvalue weighted by Gasteiger charge is -2.12. The van der Waals surface area contributed by atoms with Crippen LogP contribution in [0.1, 0.15) is 31.1 Å². The maximum absolute atomic E-state index is 9.65. The highest BCUT2D eigenvalue weighted by Gasteiger charge is 2.05. The van der Waals surface area contributed by atoms with Gasteiger partial charge in [-0.2, -0.15) is 5.10 Å². The minimum Gasteiger partial charge on any atom is -0.508 e. The van der Waals surface area contributed by atoms with Gasteiger partial charge in [-0.3, -0.25) is 4.68 Å². The van der Waals surface area contributed by atoms with Crippen LogP contribution in [0, 0.1) is 0 Å². The largest absolute Gasteiger partial charge is 0.508 e. The molecule has 0 aliphatic rings. The van der Waals surface area contributed by atoms with Crippen LogP contribution in [0.3, 0.4) is 0 Å². The fraction of sp³-hybridized carbons (Fsp3) is 0.357. The van der Waals surface area contributed by atoms with Crippen LogP contribution in [-0.2, 0) is 13.1 Å². The average Bonchev–Trinajstić information content (AvgIpc) is 2.80. The van der Waals surface area contributed by atoms with Gasteiger partial charge in [-0.25, -0.2) is 0 Å². The van der Waals surface area contributed by atoms with E-state index in [1.807, 2.05) is 35.1 Å². The number of hydrogen-bond donors (Lipinski definition) is 2. The molecule has 4 nitrogen and oxygen atoms in total. The average molecular weight is 282 g/mol. The van der Waals surface area contributed by atoms with Gasteiger partial charge in [0.25, 0.3) is 0 Å². The molecule has 0 saturated carbocycles. The number of phenolic OH excluding ortho intramolecular Hbond substituents is 1. The molecule has 19 heavy (non-hydrogen) atoms. The van der Waals surface area contributed by atoms with Crippen molar-refractivity contribution in [3.8, 4) is 5.75 Å². The van der Waals surface area contributed by atoms with Gasteiger partial charge in [0.05, 0.1) is 5.69 Å². The molecule has 1 aromatic carbocycles. The maximum Gasteiger partial charge on any atom is 0.120 e. The summed E-state index contributed by atoms with van der Waals surface area (Å²) in [6, 6.07) is 9.75. The summed E-state index contributed by atoms with van der Waals surface area (Å²) in [5.41, 5.74) is 2.06. The zero-order valence-corrected chi connectivity index (χ0v) is 12.0. The number of para-hydroxylation sites is 1. The molecule has 0 bridgehead atoms. The van der Waals surface area contributed by atoms with Crippen molar-refractivity contribution in [2.45, 2.75) is 33.0 Å². The Morgan fingerprint density at radius 1 is 1.21 bits per heavy atom. The highest BCUT2D eigenvalue weighted by atomic mass is 35.5. The minimum atomic E-state index is 0. The van der Waals surface area contributed by atoms with Crippen molar-refractivity contribution < 1.29 is 5.11 Å². The predicted molar refractivity (Wildman–Crippen MR) is 78.5 cm³/mol. The number of rotatable bonds is 5. The van der Waals surface area contributed by atoms with Crippen molar-refractivity contribution in [2.75, 3.05) is 0 Å². The Hall–Kier alpha value is -1.52. The maximum atomic E-state index is 9.65. The van der Waals surface area contributed by atoms with Gasteiger partial charge in [-0.1, -0.05) is 18.2 Å². The number of hydrogen-bond acceptors (Lipinski definition) is 3. The van der Waals surface area contributed by atoms with Gasteiger partial charge < -0.3 is 10.4 Å². The van der Waals surface area contributed by atoms with Crippen molar-refractivity contribution >= 4 is 12.4 Å². The van der Waals surface area contributed by atoms with Crippen molar-refractivity contribution in [3.63, 3.8) is 0 Å². The Kier molecular flexibility index (Phi) is 5.86. The molecule has 5 heteroatoms. The standard InChI is InChI=1S/C14H19N3O.ClH/c1-11(2)17-13(7-8-16-17)10-15-9-12-5-3-4-6-14(12)18;/h3-8,11,15,18H,9-10H2,1-2H3;1H. The Morgan fingerprint density at radius 3 is 2.63 bits per heavy atom. The van der Waals surface area contributed by atoms with Crippen LogP contribution >= 0.6 is 12.4 Å². The number of aromatic hydroxyl groups is 1. The number of nitrogens with one attached hydrogen (secondary N) is 1. The van der Waals surface area contributed by atoms with Gasteiger partial charge in [-0.05, 0) is 26.0 Å². The summed E-state index contributed by atoms with van der Waals surface area (Å²) >= 11 is 0. The van der Waals surface area contributed by atoms with Gasteiger partial charge in [0, 0.05) is 30.9 Å². The van der Waals surface area contributed by atoms with Crippen LogP contribution in [0.4, 0.5) is 0 Å². The third-order valence-corrected chi connectivity index (χ3v) is 2.85. The van der Waals surface area contributed by atoms with E-state index < -0.39 is 0 Å². The Bertz CT molecular complexity index is 511. The lowest BCUT2D eigenvalue weighted by Crippen LogP contribution is -2.17. The fourth-order valence-corrected chi connectivity index (χ4v) is 1.93. The third-order valence-electron chi connectivity index (χ3n) is 2.85. The van der Waals surface area contributed by atoms with Crippen LogP contribution in [0.2, 0.25) is 0 Å². The number of benzene rings is 1. The van der Waals surface area contributed by atoms with Gasteiger partial charge >= 0.3 is 0 Å². The molecule has 0 unspecified atom stereocenters. The quantitative estimate of drug-likeness (QED) is 0.886. The second-order valence-corrected chi connectivity index (χ2v) is 4.59. The van der Waals surface area contributed by atoms with Crippen molar-refractivity contribution in [2.24, 2.45) is 0 Å². The van der Waals surface area contributed by atoms with Crippen molar-refractivity contribution in [1.29, 1.82) is 0 Å². The number of aromatic nitrogens is 2. The van der Waals surface area contributed by atoms with Gasteiger partial charge in [-0.15, -0.1) is 12.4 Å². The molecule has 104 valence electrons. The lowest BCUT2D eigenvalue weighted by molar-refractivity contribution is 0.461. The molecule has 2 rings (SSSR count). The highest BCUT2D eigenvalue weighted by Crippen LogP contribution is 2.15. The van der Waals surface area contributed by atoms with E-state index in [2.05, 4.69) is 24.3 Å². The molecule has 0 fully saturated rings. The molecular weight excluding hydrogens is 262 g/mol. The Labute approximate surface area is 119 Å². The fourth-order valence-electron chi connectivity index (χ4n) is 1.93. The molecule has 1 aromatic heterocycles. The molecule has 2 N–H and O–H groups in total. The summed E-state index contributed by atoms with van der Waals surface area (Å²) in [6.07, 6.45) is 1.82. The van der Waals surface area contributed by atoms with Crippen molar-refractivity contribution in [3.05, 3.63) is 47.8 Å². The first kappa shape index (κ1) is 15.5. The summed E-state index contributed by atoms with van der Waals surface area (Å²) in [5.74, 6) is 0.336. The van der Waals surface area contributed by atoms with E-state index in [-0.39, 0.29) is 12.4 Å². The third kappa shape index (κ3) is 3.98. The van der Waals surface area contributed by atoms with E-state index in [1.165, 1.54) is 0 Å². The summed E-state index contributed by atoms with van der Waals surface area (Å²) < 4.78 is 2.00. The van der Waals surface area contributed by atoms with Gasteiger partial charge in [0.1, 0.15) is 5.75 Å². The number of phenols is 1. The summed E-state index contributed by atoms with van der Waals surface area (Å²) in [7, 11) is 0. The lowest BCUT2D eigenvalue weighted by atomic mass is 10.2. The molecule has 0 spiro atoms. The zero-order valence-electron chi connectivity index (χ0n) is 11.2. The second-order valence-electron chi connectivity index (χ2n) is 4.59. The zero-order chi connectivity index (χ0) is 13.0. The highest BCUT2D eigenvalue weighted by molar-refractivity contribution is 5.85. The molecule has 1 heterocycles. The monoisotopic (exact) mass is 281 g/mol. The molecule has 0 radical (unpaired) electrons. The normalized spacial score (nSPS) is 10.5. The summed E-state index contributed by atoms with van der Waals surface area (Å²) in [6.45, 7) is 5.61. The van der Waals surface area contributed by atoms with E-state index in [0.29, 0.717) is 18.3 Å². The van der Waals surface area contributed by atoms with Gasteiger partial charge in [0.15, 0.2) is 0 Å². The Morgan fingerprint density at radius 2 is 1.95 bits per heavy atom. The summed E-state index contributed by atoms with van der Waals surface area (Å²) in [4.78, 5) is 0. The SMILES string of the molecule is CC(C)n1nccc1CNCc1ccccc1O.Cl. The molecule has 2 aromatic rings. The molecule has 0 aliphatic heterocycles. The number of halogens is 1. The summed E-state index contributed by atoms with van der Waals surface area (Å²) in [5, 5.41) is 17.3. The molecule has 0 atom stereocenters. The first-order valence-corrected chi connectivity index (χ1v) is 6.18.